The number of hydrogen-bond donors (Lipinski definition) is 0. The first-order valence-corrected chi connectivity index (χ1v) is 6.11. The zero-order valence-electron chi connectivity index (χ0n) is 11.1. The van der Waals surface area contributed by atoms with Crippen molar-refractivity contribution in [1.82, 2.24) is 0 Å². The molecular weight excluding hydrogens is 367 g/mol. The monoisotopic (exact) mass is 382 g/mol. The molecule has 0 atom stereocenters. The number of pyridine rings is 1. The molecule has 104 valence electrons. The van der Waals surface area contributed by atoms with Gasteiger partial charge in [-0.1, -0.05) is 12.1 Å². The summed E-state index contributed by atoms with van der Waals surface area (Å²) < 4.78 is 2.11. The Kier molecular flexibility index (Phi) is 6.30. The van der Waals surface area contributed by atoms with E-state index in [2.05, 4.69) is 11.5 Å². The summed E-state index contributed by atoms with van der Waals surface area (Å²) in [6.45, 7) is 2.96. The second-order valence-electron chi connectivity index (χ2n) is 4.10. The summed E-state index contributed by atoms with van der Waals surface area (Å²) in [7, 11) is 0. The van der Waals surface area contributed by atoms with Crippen LogP contribution in [0.1, 0.15) is 18.2 Å². The lowest BCUT2D eigenvalue weighted by molar-refractivity contribution is -0.695. The molecule has 0 bridgehead atoms. The van der Waals surface area contributed by atoms with Crippen LogP contribution in [0.15, 0.2) is 48.7 Å². The lowest BCUT2D eigenvalue weighted by Gasteiger charge is -1.97. The molecule has 0 radical (unpaired) electrons. The molecule has 4 nitrogen and oxygen atoms in total. The molecule has 20 heavy (non-hydrogen) atoms. The fourth-order valence-corrected chi connectivity index (χ4v) is 1.85. The third-order valence-corrected chi connectivity index (χ3v) is 2.84. The van der Waals surface area contributed by atoms with Crippen LogP contribution >= 0.6 is 0 Å². The van der Waals surface area contributed by atoms with Crippen LogP contribution in [0.5, 0.6) is 0 Å². The van der Waals surface area contributed by atoms with Crippen LogP contribution in [0, 0.1) is 10.1 Å². The summed E-state index contributed by atoms with van der Waals surface area (Å²) in [5.74, 6) is 0. The molecule has 0 unspecified atom stereocenters. The second-order valence-corrected chi connectivity index (χ2v) is 4.10. The normalized spacial score (nSPS) is 10.2. The topological polar surface area (TPSA) is 47.0 Å². The van der Waals surface area contributed by atoms with E-state index in [0.717, 1.165) is 17.8 Å². The number of nitro benzene ring substituents is 1. The highest BCUT2D eigenvalue weighted by molar-refractivity contribution is 5.68. The molecule has 0 amide bonds. The highest BCUT2D eigenvalue weighted by atomic mass is 127. The minimum Gasteiger partial charge on any atom is -1.00 e. The van der Waals surface area contributed by atoms with E-state index in [-0.39, 0.29) is 34.6 Å². The summed E-state index contributed by atoms with van der Waals surface area (Å²) >= 11 is 0. The number of aromatic nitrogens is 1. The SMILES string of the molecule is CC[n+]1ccccc1/C=C/c1cccc([N+](=O)[O-])c1.[I-]. The van der Waals surface area contributed by atoms with E-state index in [9.17, 15) is 10.1 Å². The van der Waals surface area contributed by atoms with Gasteiger partial charge in [-0.15, -0.1) is 0 Å². The molecule has 2 rings (SSSR count). The first-order chi connectivity index (χ1) is 9.20. The minimum absolute atomic E-state index is 0. The van der Waals surface area contributed by atoms with Crippen LogP contribution in [0.3, 0.4) is 0 Å². The maximum absolute atomic E-state index is 10.7. The van der Waals surface area contributed by atoms with Crippen molar-refractivity contribution >= 4 is 17.8 Å². The lowest BCUT2D eigenvalue weighted by Crippen LogP contribution is -3.00. The largest absolute Gasteiger partial charge is 1.00 e. The van der Waals surface area contributed by atoms with E-state index < -0.39 is 0 Å². The molecule has 0 spiro atoms. The van der Waals surface area contributed by atoms with Crippen LogP contribution in [0.25, 0.3) is 12.2 Å². The Morgan fingerprint density at radius 2 is 2.00 bits per heavy atom. The van der Waals surface area contributed by atoms with Crippen molar-refractivity contribution in [3.8, 4) is 0 Å². The standard InChI is InChI=1S/C15H15N2O2.HI/c1-2-16-11-4-3-7-14(16)10-9-13-6-5-8-15(12-13)17(18)19;/h3-12H,2H2,1H3;1H/q+1;/p-1/b10-9+;. The first-order valence-electron chi connectivity index (χ1n) is 6.11. The van der Waals surface area contributed by atoms with Crippen molar-refractivity contribution in [2.24, 2.45) is 0 Å². The van der Waals surface area contributed by atoms with Gasteiger partial charge in [0.25, 0.3) is 5.69 Å². The van der Waals surface area contributed by atoms with Crippen LogP contribution in [0.2, 0.25) is 0 Å². The third kappa shape index (κ3) is 4.12. The Morgan fingerprint density at radius 1 is 1.20 bits per heavy atom. The highest BCUT2D eigenvalue weighted by Crippen LogP contribution is 2.14. The minimum atomic E-state index is -0.383. The van der Waals surface area contributed by atoms with Gasteiger partial charge in [0.1, 0.15) is 6.54 Å². The molecule has 2 aromatic rings. The average molecular weight is 382 g/mol. The number of non-ortho nitro benzene ring substituents is 1. The number of nitrogens with zero attached hydrogens (tertiary/aromatic N) is 2. The highest BCUT2D eigenvalue weighted by Gasteiger charge is 2.05. The van der Waals surface area contributed by atoms with Crippen LogP contribution in [0.4, 0.5) is 5.69 Å². The molecule has 0 aliphatic carbocycles. The van der Waals surface area contributed by atoms with E-state index >= 15 is 0 Å². The van der Waals surface area contributed by atoms with Crippen LogP contribution in [-0.4, -0.2) is 4.92 Å². The predicted molar refractivity (Wildman–Crippen MR) is 74.3 cm³/mol. The molecule has 0 aliphatic rings. The fourth-order valence-electron chi connectivity index (χ4n) is 1.85. The zero-order valence-corrected chi connectivity index (χ0v) is 13.2. The van der Waals surface area contributed by atoms with Gasteiger partial charge in [-0.05, 0) is 24.6 Å². The quantitative estimate of drug-likeness (QED) is 0.326. The molecule has 1 aromatic carbocycles. The summed E-state index contributed by atoms with van der Waals surface area (Å²) in [5.41, 5.74) is 2.00. The summed E-state index contributed by atoms with van der Waals surface area (Å²) in [6.07, 6.45) is 5.85. The van der Waals surface area contributed by atoms with Crippen molar-refractivity contribution in [1.29, 1.82) is 0 Å². The number of halogens is 1. The first kappa shape index (κ1) is 16.3. The number of nitro groups is 1. The zero-order chi connectivity index (χ0) is 13.7. The lowest BCUT2D eigenvalue weighted by atomic mass is 10.1. The molecule has 0 saturated heterocycles. The van der Waals surface area contributed by atoms with E-state index in [0.29, 0.717) is 0 Å². The van der Waals surface area contributed by atoms with Gasteiger partial charge in [0.05, 0.1) is 4.92 Å². The molecule has 1 heterocycles. The summed E-state index contributed by atoms with van der Waals surface area (Å²) in [6, 6.07) is 12.6. The number of aryl methyl sites for hydroxylation is 1. The fraction of sp³-hybridized carbons (Fsp3) is 0.133. The Morgan fingerprint density at radius 3 is 2.70 bits per heavy atom. The molecule has 0 N–H and O–H groups in total. The maximum atomic E-state index is 10.7. The van der Waals surface area contributed by atoms with E-state index in [4.69, 9.17) is 0 Å². The number of rotatable bonds is 4. The Labute approximate surface area is 134 Å². The van der Waals surface area contributed by atoms with Crippen molar-refractivity contribution in [2.75, 3.05) is 0 Å². The van der Waals surface area contributed by atoms with Gasteiger partial charge < -0.3 is 24.0 Å². The number of benzene rings is 1. The molecule has 0 fully saturated rings. The van der Waals surface area contributed by atoms with Gasteiger partial charge in [0, 0.05) is 30.3 Å². The maximum Gasteiger partial charge on any atom is 0.270 e. The van der Waals surface area contributed by atoms with Gasteiger partial charge >= 0.3 is 0 Å². The Balaban J connectivity index is 0.00000200. The van der Waals surface area contributed by atoms with Gasteiger partial charge in [-0.2, -0.15) is 4.57 Å². The van der Waals surface area contributed by atoms with Crippen molar-refractivity contribution in [3.05, 3.63) is 70.0 Å². The number of hydrogen-bond acceptors (Lipinski definition) is 2. The molecule has 0 saturated carbocycles. The average Bonchev–Trinajstić information content (AvgIpc) is 2.45. The van der Waals surface area contributed by atoms with Gasteiger partial charge in [0.2, 0.25) is 5.69 Å². The van der Waals surface area contributed by atoms with Gasteiger partial charge in [0.15, 0.2) is 6.20 Å². The van der Waals surface area contributed by atoms with Crippen LogP contribution in [-0.2, 0) is 6.54 Å². The van der Waals surface area contributed by atoms with E-state index in [1.54, 1.807) is 12.1 Å². The van der Waals surface area contributed by atoms with Crippen LogP contribution < -0.4 is 28.5 Å². The predicted octanol–water partition coefficient (Wildman–Crippen LogP) is 0.0766. The van der Waals surface area contributed by atoms with Crippen molar-refractivity contribution < 1.29 is 33.5 Å². The van der Waals surface area contributed by atoms with E-state index in [1.807, 2.05) is 42.6 Å². The van der Waals surface area contributed by atoms with E-state index in [1.165, 1.54) is 6.07 Å². The molecule has 0 aliphatic heterocycles. The van der Waals surface area contributed by atoms with Gasteiger partial charge in [-0.3, -0.25) is 10.1 Å². The van der Waals surface area contributed by atoms with Crippen molar-refractivity contribution in [2.45, 2.75) is 13.5 Å². The molecule has 5 heteroatoms. The Bertz CT molecular complexity index is 627. The van der Waals surface area contributed by atoms with Gasteiger partial charge in [-0.25, -0.2) is 0 Å². The van der Waals surface area contributed by atoms with Crippen molar-refractivity contribution in [3.63, 3.8) is 0 Å². The second kappa shape index (κ2) is 7.74. The summed E-state index contributed by atoms with van der Waals surface area (Å²) in [4.78, 5) is 10.3. The molecule has 1 aromatic heterocycles. The summed E-state index contributed by atoms with van der Waals surface area (Å²) in [5, 5.41) is 10.7. The smallest absolute Gasteiger partial charge is 0.270 e. The third-order valence-electron chi connectivity index (χ3n) is 2.84. The Hall–Kier alpha value is -1.76. The molecular formula is C15H15IN2O2.